The first kappa shape index (κ1) is 15.5. The molecule has 0 N–H and O–H groups in total. The molecule has 2 heteroatoms. The number of carbonyl (C=O) groups is 1. The zero-order valence-electron chi connectivity index (χ0n) is 12.9. The van der Waals surface area contributed by atoms with E-state index in [0.29, 0.717) is 17.7 Å². The summed E-state index contributed by atoms with van der Waals surface area (Å²) >= 11 is 0. The molecule has 0 aliphatic rings. The molecule has 0 heterocycles. The molecule has 0 aliphatic heterocycles. The first-order valence-corrected chi connectivity index (χ1v) is 7.45. The summed E-state index contributed by atoms with van der Waals surface area (Å²) in [6.45, 7) is 6.87. The molecule has 0 saturated carbocycles. The van der Waals surface area contributed by atoms with Crippen LogP contribution in [0.5, 0.6) is 0 Å². The van der Waals surface area contributed by atoms with E-state index in [1.807, 2.05) is 61.5 Å². The van der Waals surface area contributed by atoms with Crippen LogP contribution in [0.1, 0.15) is 48.7 Å². The molecule has 0 aromatic heterocycles. The minimum atomic E-state index is -0.289. The molecular weight excluding hydrogens is 260 g/mol. The highest BCUT2D eigenvalue weighted by Gasteiger charge is 2.24. The van der Waals surface area contributed by atoms with Gasteiger partial charge in [-0.15, -0.1) is 0 Å². The first-order valence-electron chi connectivity index (χ1n) is 7.45. The SMILES string of the molecule is CCOC(C)(CC)c1ccc(C(=O)c2ccccc2)cc1. The van der Waals surface area contributed by atoms with Gasteiger partial charge >= 0.3 is 0 Å². The Morgan fingerprint density at radius 1 is 0.952 bits per heavy atom. The second kappa shape index (κ2) is 6.68. The zero-order valence-corrected chi connectivity index (χ0v) is 12.9. The van der Waals surface area contributed by atoms with E-state index in [1.54, 1.807) is 0 Å². The standard InChI is InChI=1S/C19H22O2/c1-4-19(3,21-5-2)17-13-11-16(12-14-17)18(20)15-9-7-6-8-10-15/h6-14H,4-5H2,1-3H3. The van der Waals surface area contributed by atoms with Crippen molar-refractivity contribution in [1.82, 2.24) is 0 Å². The summed E-state index contributed by atoms with van der Waals surface area (Å²) in [6, 6.07) is 17.1. The van der Waals surface area contributed by atoms with Crippen molar-refractivity contribution in [1.29, 1.82) is 0 Å². The van der Waals surface area contributed by atoms with Crippen molar-refractivity contribution < 1.29 is 9.53 Å². The topological polar surface area (TPSA) is 26.3 Å². The van der Waals surface area contributed by atoms with Crippen molar-refractivity contribution in [2.75, 3.05) is 6.61 Å². The molecule has 110 valence electrons. The maximum absolute atomic E-state index is 12.4. The van der Waals surface area contributed by atoms with E-state index in [9.17, 15) is 4.79 Å². The third-order valence-corrected chi connectivity index (χ3v) is 3.93. The molecule has 1 unspecified atom stereocenters. The van der Waals surface area contributed by atoms with Crippen molar-refractivity contribution in [3.8, 4) is 0 Å². The fourth-order valence-electron chi connectivity index (χ4n) is 2.44. The Bertz CT molecular complexity index is 587. The minimum Gasteiger partial charge on any atom is -0.371 e. The van der Waals surface area contributed by atoms with Gasteiger partial charge in [-0.3, -0.25) is 4.79 Å². The highest BCUT2D eigenvalue weighted by Crippen LogP contribution is 2.29. The van der Waals surface area contributed by atoms with Crippen LogP contribution in [0.25, 0.3) is 0 Å². The predicted octanol–water partition coefficient (Wildman–Crippen LogP) is 4.58. The fraction of sp³-hybridized carbons (Fsp3) is 0.316. The van der Waals surface area contributed by atoms with Crippen LogP contribution in [0.4, 0.5) is 0 Å². The van der Waals surface area contributed by atoms with Crippen LogP contribution >= 0.6 is 0 Å². The highest BCUT2D eigenvalue weighted by molar-refractivity contribution is 6.08. The van der Waals surface area contributed by atoms with Gasteiger partial charge in [-0.05, 0) is 25.8 Å². The number of hydrogen-bond donors (Lipinski definition) is 0. The number of carbonyl (C=O) groups excluding carboxylic acids is 1. The van der Waals surface area contributed by atoms with Gasteiger partial charge < -0.3 is 4.74 Å². The summed E-state index contributed by atoms with van der Waals surface area (Å²) < 4.78 is 5.86. The maximum atomic E-state index is 12.4. The number of ether oxygens (including phenoxy) is 1. The van der Waals surface area contributed by atoms with Crippen molar-refractivity contribution >= 4 is 5.78 Å². The molecule has 2 nitrogen and oxygen atoms in total. The number of ketones is 1. The molecular formula is C19H22O2. The van der Waals surface area contributed by atoms with Crippen LogP contribution in [0.15, 0.2) is 54.6 Å². The monoisotopic (exact) mass is 282 g/mol. The van der Waals surface area contributed by atoms with Crippen LogP contribution in [0, 0.1) is 0 Å². The molecule has 0 bridgehead atoms. The lowest BCUT2D eigenvalue weighted by atomic mass is 9.91. The third kappa shape index (κ3) is 3.40. The van der Waals surface area contributed by atoms with Gasteiger partial charge in [0.2, 0.25) is 0 Å². The van der Waals surface area contributed by atoms with Gasteiger partial charge in [-0.1, -0.05) is 61.5 Å². The first-order chi connectivity index (χ1) is 10.1. The van der Waals surface area contributed by atoms with Crippen molar-refractivity contribution in [2.24, 2.45) is 0 Å². The average molecular weight is 282 g/mol. The summed E-state index contributed by atoms with van der Waals surface area (Å²) in [7, 11) is 0. The Balaban J connectivity index is 2.25. The molecule has 2 aromatic carbocycles. The van der Waals surface area contributed by atoms with E-state index < -0.39 is 0 Å². The second-order valence-corrected chi connectivity index (χ2v) is 5.29. The fourth-order valence-corrected chi connectivity index (χ4v) is 2.44. The van der Waals surface area contributed by atoms with Gasteiger partial charge in [0.1, 0.15) is 0 Å². The second-order valence-electron chi connectivity index (χ2n) is 5.29. The molecule has 0 amide bonds. The maximum Gasteiger partial charge on any atom is 0.193 e. The zero-order chi connectivity index (χ0) is 15.3. The van der Waals surface area contributed by atoms with E-state index in [2.05, 4.69) is 13.8 Å². The quantitative estimate of drug-likeness (QED) is 0.725. The number of hydrogen-bond acceptors (Lipinski definition) is 2. The van der Waals surface area contributed by atoms with Gasteiger partial charge in [0, 0.05) is 17.7 Å². The molecule has 0 saturated heterocycles. The van der Waals surface area contributed by atoms with Gasteiger partial charge in [0.15, 0.2) is 5.78 Å². The van der Waals surface area contributed by atoms with Gasteiger partial charge in [-0.2, -0.15) is 0 Å². The Morgan fingerprint density at radius 2 is 1.52 bits per heavy atom. The molecule has 0 spiro atoms. The smallest absolute Gasteiger partial charge is 0.193 e. The van der Waals surface area contributed by atoms with Crippen LogP contribution in [-0.2, 0) is 10.3 Å². The largest absolute Gasteiger partial charge is 0.371 e. The van der Waals surface area contributed by atoms with E-state index in [-0.39, 0.29) is 11.4 Å². The minimum absolute atomic E-state index is 0.0526. The molecule has 2 rings (SSSR count). The van der Waals surface area contributed by atoms with Crippen molar-refractivity contribution in [3.63, 3.8) is 0 Å². The molecule has 21 heavy (non-hydrogen) atoms. The van der Waals surface area contributed by atoms with Crippen LogP contribution in [0.2, 0.25) is 0 Å². The van der Waals surface area contributed by atoms with E-state index in [1.165, 1.54) is 0 Å². The average Bonchev–Trinajstić information content (AvgIpc) is 2.55. The van der Waals surface area contributed by atoms with Crippen molar-refractivity contribution in [3.05, 3.63) is 71.3 Å². The highest BCUT2D eigenvalue weighted by atomic mass is 16.5. The van der Waals surface area contributed by atoms with Crippen LogP contribution < -0.4 is 0 Å². The van der Waals surface area contributed by atoms with Gasteiger partial charge in [0.05, 0.1) is 5.60 Å². The van der Waals surface area contributed by atoms with Crippen LogP contribution in [-0.4, -0.2) is 12.4 Å². The number of rotatable bonds is 6. The molecule has 1 atom stereocenters. The summed E-state index contributed by atoms with van der Waals surface area (Å²) in [5.41, 5.74) is 2.24. The summed E-state index contributed by atoms with van der Waals surface area (Å²) in [5, 5.41) is 0. The molecule has 0 aliphatic carbocycles. The lowest BCUT2D eigenvalue weighted by molar-refractivity contribution is -0.0323. The molecule has 0 fully saturated rings. The van der Waals surface area contributed by atoms with E-state index >= 15 is 0 Å². The summed E-state index contributed by atoms with van der Waals surface area (Å²) in [5.74, 6) is 0.0526. The molecule has 2 aromatic rings. The lowest BCUT2D eigenvalue weighted by Gasteiger charge is -2.28. The van der Waals surface area contributed by atoms with Gasteiger partial charge in [-0.25, -0.2) is 0 Å². The lowest BCUT2D eigenvalue weighted by Crippen LogP contribution is -2.25. The third-order valence-electron chi connectivity index (χ3n) is 3.93. The summed E-state index contributed by atoms with van der Waals surface area (Å²) in [6.07, 6.45) is 0.896. The number of benzene rings is 2. The Kier molecular flexibility index (Phi) is 4.92. The Hall–Kier alpha value is -1.93. The van der Waals surface area contributed by atoms with E-state index in [0.717, 1.165) is 12.0 Å². The predicted molar refractivity (Wildman–Crippen MR) is 85.6 cm³/mol. The van der Waals surface area contributed by atoms with E-state index in [4.69, 9.17) is 4.74 Å². The normalized spacial score (nSPS) is 13.7. The Morgan fingerprint density at radius 3 is 2.05 bits per heavy atom. The Labute approximate surface area is 126 Å². The molecule has 0 radical (unpaired) electrons. The van der Waals surface area contributed by atoms with Crippen LogP contribution in [0.3, 0.4) is 0 Å². The summed E-state index contributed by atoms with van der Waals surface area (Å²) in [4.78, 5) is 12.4. The van der Waals surface area contributed by atoms with Crippen molar-refractivity contribution in [2.45, 2.75) is 32.8 Å². The van der Waals surface area contributed by atoms with Gasteiger partial charge in [0.25, 0.3) is 0 Å².